The first-order chi connectivity index (χ1) is 7.86. The molecule has 2 heterocycles. The molecule has 0 aliphatic carbocycles. The van der Waals surface area contributed by atoms with Gasteiger partial charge in [0.05, 0.1) is 11.0 Å². The van der Waals surface area contributed by atoms with Crippen molar-refractivity contribution in [2.75, 3.05) is 13.1 Å². The van der Waals surface area contributed by atoms with Crippen molar-refractivity contribution in [2.24, 2.45) is 0 Å². The zero-order valence-corrected chi connectivity index (χ0v) is 10.6. The fraction of sp³-hybridized carbons (Fsp3) is 0.417. The third kappa shape index (κ3) is 1.66. The third-order valence-electron chi connectivity index (χ3n) is 3.19. The summed E-state index contributed by atoms with van der Waals surface area (Å²) in [4.78, 5) is 4.54. The Morgan fingerprint density at radius 2 is 2.25 bits per heavy atom. The molecule has 1 saturated heterocycles. The fourth-order valence-electron chi connectivity index (χ4n) is 2.42. The minimum atomic E-state index is 0.524. The highest BCUT2D eigenvalue weighted by Crippen LogP contribution is 2.27. The highest BCUT2D eigenvalue weighted by Gasteiger charge is 2.19. The normalized spacial score (nSPS) is 21.4. The summed E-state index contributed by atoms with van der Waals surface area (Å²) in [5.41, 5.74) is 2.29. The molecule has 1 aromatic heterocycles. The van der Waals surface area contributed by atoms with E-state index in [9.17, 15) is 0 Å². The number of para-hydroxylation sites is 2. The molecule has 16 heavy (non-hydrogen) atoms. The van der Waals surface area contributed by atoms with Gasteiger partial charge in [0.1, 0.15) is 0 Å². The number of fused-ring (bicyclic) bond motifs is 1. The van der Waals surface area contributed by atoms with Crippen molar-refractivity contribution < 1.29 is 0 Å². The van der Waals surface area contributed by atoms with E-state index in [1.54, 1.807) is 0 Å². The van der Waals surface area contributed by atoms with Crippen molar-refractivity contribution in [3.8, 4) is 0 Å². The lowest BCUT2D eigenvalue weighted by Gasteiger charge is -2.25. The van der Waals surface area contributed by atoms with Gasteiger partial charge >= 0.3 is 0 Å². The van der Waals surface area contributed by atoms with Gasteiger partial charge in [-0.2, -0.15) is 0 Å². The number of benzene rings is 1. The van der Waals surface area contributed by atoms with Gasteiger partial charge in [-0.3, -0.25) is 0 Å². The molecular weight excluding hydrogens is 266 g/mol. The van der Waals surface area contributed by atoms with Crippen LogP contribution in [0, 0.1) is 0 Å². The van der Waals surface area contributed by atoms with Gasteiger partial charge in [-0.05, 0) is 47.4 Å². The van der Waals surface area contributed by atoms with Gasteiger partial charge in [0.2, 0.25) is 0 Å². The third-order valence-corrected chi connectivity index (χ3v) is 3.75. The molecule has 0 spiro atoms. The molecule has 0 saturated carbocycles. The predicted octanol–water partition coefficient (Wildman–Crippen LogP) is 2.72. The number of hydrogen-bond donors (Lipinski definition) is 1. The van der Waals surface area contributed by atoms with Gasteiger partial charge in [-0.25, -0.2) is 4.98 Å². The largest absolute Gasteiger partial charge is 0.315 e. The molecule has 0 bridgehead atoms. The Bertz CT molecular complexity index is 500. The lowest BCUT2D eigenvalue weighted by molar-refractivity contribution is 0.374. The van der Waals surface area contributed by atoms with Gasteiger partial charge in [0, 0.05) is 12.6 Å². The Morgan fingerprint density at radius 1 is 1.38 bits per heavy atom. The molecule has 4 heteroatoms. The Morgan fingerprint density at radius 3 is 3.06 bits per heavy atom. The number of nitrogens with zero attached hydrogens (tertiary/aromatic N) is 2. The van der Waals surface area contributed by atoms with Crippen LogP contribution in [-0.4, -0.2) is 22.6 Å². The molecule has 84 valence electrons. The number of halogens is 1. The standard InChI is InChI=1S/C12H14BrN3/c13-12-15-10-5-1-2-6-11(10)16(12)9-4-3-7-14-8-9/h1-2,5-6,9,14H,3-4,7-8H2. The topological polar surface area (TPSA) is 29.9 Å². The van der Waals surface area contributed by atoms with E-state index >= 15 is 0 Å². The van der Waals surface area contributed by atoms with Gasteiger partial charge < -0.3 is 9.88 Å². The highest BCUT2D eigenvalue weighted by molar-refractivity contribution is 9.10. The van der Waals surface area contributed by atoms with Crippen molar-refractivity contribution in [3.05, 3.63) is 29.0 Å². The van der Waals surface area contributed by atoms with Crippen LogP contribution in [-0.2, 0) is 0 Å². The maximum atomic E-state index is 4.54. The minimum absolute atomic E-state index is 0.524. The maximum Gasteiger partial charge on any atom is 0.178 e. The summed E-state index contributed by atoms with van der Waals surface area (Å²) >= 11 is 3.57. The van der Waals surface area contributed by atoms with Crippen LogP contribution in [0.5, 0.6) is 0 Å². The van der Waals surface area contributed by atoms with Crippen molar-refractivity contribution in [3.63, 3.8) is 0 Å². The quantitative estimate of drug-likeness (QED) is 0.870. The molecule has 1 atom stereocenters. The van der Waals surface area contributed by atoms with Crippen LogP contribution in [0.2, 0.25) is 0 Å². The van der Waals surface area contributed by atoms with E-state index in [1.165, 1.54) is 18.4 Å². The van der Waals surface area contributed by atoms with Gasteiger partial charge in [-0.15, -0.1) is 0 Å². The van der Waals surface area contributed by atoms with E-state index in [4.69, 9.17) is 0 Å². The van der Waals surface area contributed by atoms with Gasteiger partial charge in [0.25, 0.3) is 0 Å². The molecule has 1 N–H and O–H groups in total. The average molecular weight is 280 g/mol. The van der Waals surface area contributed by atoms with E-state index in [2.05, 4.69) is 49.0 Å². The molecule has 3 nitrogen and oxygen atoms in total. The second-order valence-corrected chi connectivity index (χ2v) is 4.95. The molecule has 1 aromatic carbocycles. The van der Waals surface area contributed by atoms with Gasteiger partial charge in [-0.1, -0.05) is 12.1 Å². The van der Waals surface area contributed by atoms with E-state index in [0.717, 1.165) is 23.3 Å². The monoisotopic (exact) mass is 279 g/mol. The van der Waals surface area contributed by atoms with Crippen LogP contribution in [0.4, 0.5) is 0 Å². The number of imidazole rings is 1. The zero-order valence-electron chi connectivity index (χ0n) is 8.99. The number of nitrogens with one attached hydrogen (secondary N) is 1. The van der Waals surface area contributed by atoms with Crippen LogP contribution in [0.1, 0.15) is 18.9 Å². The fourth-order valence-corrected chi connectivity index (χ4v) is 3.09. The average Bonchev–Trinajstić information content (AvgIpc) is 2.66. The van der Waals surface area contributed by atoms with Crippen LogP contribution >= 0.6 is 15.9 Å². The van der Waals surface area contributed by atoms with Crippen LogP contribution in [0.3, 0.4) is 0 Å². The highest BCUT2D eigenvalue weighted by atomic mass is 79.9. The van der Waals surface area contributed by atoms with E-state index < -0.39 is 0 Å². The lowest BCUT2D eigenvalue weighted by atomic mass is 10.1. The minimum Gasteiger partial charge on any atom is -0.315 e. The summed E-state index contributed by atoms with van der Waals surface area (Å²) < 4.78 is 3.25. The Balaban J connectivity index is 2.10. The number of rotatable bonds is 1. The Kier molecular flexibility index (Phi) is 2.69. The lowest BCUT2D eigenvalue weighted by Crippen LogP contribution is -2.31. The molecule has 2 aromatic rings. The first-order valence-corrected chi connectivity index (χ1v) is 6.49. The summed E-state index contributed by atoms with van der Waals surface area (Å²) in [6, 6.07) is 8.83. The summed E-state index contributed by atoms with van der Waals surface area (Å²) in [6.07, 6.45) is 2.47. The number of piperidine rings is 1. The molecule has 1 aliphatic rings. The molecule has 0 amide bonds. The first-order valence-electron chi connectivity index (χ1n) is 5.69. The first kappa shape index (κ1) is 10.3. The van der Waals surface area contributed by atoms with Crippen molar-refractivity contribution in [2.45, 2.75) is 18.9 Å². The number of aromatic nitrogens is 2. The van der Waals surface area contributed by atoms with Gasteiger partial charge in [0.15, 0.2) is 4.73 Å². The molecule has 0 radical (unpaired) electrons. The van der Waals surface area contributed by atoms with Crippen molar-refractivity contribution in [1.29, 1.82) is 0 Å². The van der Waals surface area contributed by atoms with Crippen molar-refractivity contribution in [1.82, 2.24) is 14.9 Å². The summed E-state index contributed by atoms with van der Waals surface area (Å²) in [5.74, 6) is 0. The number of hydrogen-bond acceptors (Lipinski definition) is 2. The Hall–Kier alpha value is -0.870. The summed E-state index contributed by atoms with van der Waals surface area (Å²) in [7, 11) is 0. The SMILES string of the molecule is Brc1nc2ccccc2n1C1CCCNC1. The molecule has 3 rings (SSSR count). The van der Waals surface area contributed by atoms with Crippen LogP contribution in [0.25, 0.3) is 11.0 Å². The summed E-state index contributed by atoms with van der Waals surface area (Å²) in [5, 5.41) is 3.45. The van der Waals surface area contributed by atoms with Crippen LogP contribution in [0.15, 0.2) is 29.0 Å². The van der Waals surface area contributed by atoms with E-state index in [-0.39, 0.29) is 0 Å². The van der Waals surface area contributed by atoms with E-state index in [0.29, 0.717) is 6.04 Å². The molecule has 1 aliphatic heterocycles. The zero-order chi connectivity index (χ0) is 11.0. The van der Waals surface area contributed by atoms with Crippen LogP contribution < -0.4 is 5.32 Å². The Labute approximate surface area is 103 Å². The second-order valence-electron chi connectivity index (χ2n) is 4.24. The van der Waals surface area contributed by atoms with E-state index in [1.807, 2.05) is 6.07 Å². The molecule has 1 fully saturated rings. The maximum absolute atomic E-state index is 4.54. The molecular formula is C12H14BrN3. The predicted molar refractivity (Wildman–Crippen MR) is 68.6 cm³/mol. The summed E-state index contributed by atoms with van der Waals surface area (Å²) in [6.45, 7) is 2.18. The second kappa shape index (κ2) is 4.18. The molecule has 1 unspecified atom stereocenters. The smallest absolute Gasteiger partial charge is 0.178 e. The van der Waals surface area contributed by atoms with Crippen molar-refractivity contribution >= 4 is 27.0 Å².